The second-order valence-corrected chi connectivity index (χ2v) is 5.48. The van der Waals surface area contributed by atoms with Gasteiger partial charge in [-0.25, -0.2) is 9.78 Å². The normalized spacial score (nSPS) is 17.3. The second kappa shape index (κ2) is 5.00. The Balaban J connectivity index is 1.91. The number of nitrogens with zero attached hydrogens (tertiary/aromatic N) is 2. The lowest BCUT2D eigenvalue weighted by atomic mass is 10.1. The van der Waals surface area contributed by atoms with Crippen LogP contribution in [0, 0.1) is 6.92 Å². The molecule has 1 heterocycles. The summed E-state index contributed by atoms with van der Waals surface area (Å²) >= 11 is 0. The number of rotatable bonds is 4. The number of carbonyl (C=O) groups is 1. The van der Waals surface area contributed by atoms with Gasteiger partial charge in [-0.3, -0.25) is 0 Å². The molecular weight excluding hydrogens is 268 g/mol. The summed E-state index contributed by atoms with van der Waals surface area (Å²) < 4.78 is 6.97. The molecule has 1 N–H and O–H groups in total. The van der Waals surface area contributed by atoms with Crippen molar-refractivity contribution in [1.29, 1.82) is 0 Å². The average Bonchev–Trinajstić information content (AvgIpc) is 3.07. The number of aryl methyl sites for hydroxylation is 1. The van der Waals surface area contributed by atoms with Crippen molar-refractivity contribution in [3.8, 4) is 0 Å². The number of benzene rings is 1. The Hall–Kier alpha value is -2.14. The first kappa shape index (κ1) is 13.8. The average molecular weight is 286 g/mol. The standard InChI is InChI=1S/C16H18N2O3/c1-11(13-6-4-3-5-7-13)18-12(2)17-10-14(18)15(19)21-16(20)8-9-16/h3-7,10-11,20H,8-9H2,1-2H3/t11-/m1/s1. The van der Waals surface area contributed by atoms with Gasteiger partial charge in [-0.2, -0.15) is 0 Å². The van der Waals surface area contributed by atoms with Crippen LogP contribution in [0.25, 0.3) is 0 Å². The van der Waals surface area contributed by atoms with Gasteiger partial charge in [-0.05, 0) is 19.4 Å². The van der Waals surface area contributed by atoms with Crippen LogP contribution < -0.4 is 0 Å². The molecule has 0 unspecified atom stereocenters. The number of imidazole rings is 1. The first-order valence-corrected chi connectivity index (χ1v) is 7.05. The van der Waals surface area contributed by atoms with Crippen LogP contribution in [-0.2, 0) is 4.74 Å². The van der Waals surface area contributed by atoms with Gasteiger partial charge in [-0.15, -0.1) is 0 Å². The molecule has 0 spiro atoms. The maximum absolute atomic E-state index is 12.2. The molecule has 0 saturated heterocycles. The third kappa shape index (κ3) is 2.69. The maximum Gasteiger partial charge on any atom is 0.359 e. The van der Waals surface area contributed by atoms with Gasteiger partial charge < -0.3 is 14.4 Å². The summed E-state index contributed by atoms with van der Waals surface area (Å²) in [5.74, 6) is -1.06. The van der Waals surface area contributed by atoms with Crippen molar-refractivity contribution < 1.29 is 14.6 Å². The summed E-state index contributed by atoms with van der Waals surface area (Å²) in [4.78, 5) is 16.4. The predicted molar refractivity (Wildman–Crippen MR) is 76.8 cm³/mol. The number of aliphatic hydroxyl groups is 1. The van der Waals surface area contributed by atoms with E-state index in [1.807, 2.05) is 48.7 Å². The van der Waals surface area contributed by atoms with Crippen molar-refractivity contribution >= 4 is 5.97 Å². The summed E-state index contributed by atoms with van der Waals surface area (Å²) in [5.41, 5.74) is 1.45. The topological polar surface area (TPSA) is 64.3 Å². The lowest BCUT2D eigenvalue weighted by molar-refractivity contribution is -0.0872. The molecule has 1 atom stereocenters. The summed E-state index contributed by atoms with van der Waals surface area (Å²) in [6.07, 6.45) is 2.50. The molecule has 1 aliphatic carbocycles. The number of carbonyl (C=O) groups excluding carboxylic acids is 1. The predicted octanol–water partition coefficient (Wildman–Crippen LogP) is 2.44. The highest BCUT2D eigenvalue weighted by atomic mass is 16.7. The van der Waals surface area contributed by atoms with Crippen molar-refractivity contribution in [1.82, 2.24) is 9.55 Å². The van der Waals surface area contributed by atoms with E-state index in [0.29, 0.717) is 18.5 Å². The van der Waals surface area contributed by atoms with Gasteiger partial charge in [0.2, 0.25) is 5.79 Å². The zero-order valence-electron chi connectivity index (χ0n) is 12.1. The fourth-order valence-corrected chi connectivity index (χ4v) is 2.41. The van der Waals surface area contributed by atoms with Crippen LogP contribution in [0.15, 0.2) is 36.5 Å². The van der Waals surface area contributed by atoms with Crippen molar-refractivity contribution in [2.45, 2.75) is 38.5 Å². The van der Waals surface area contributed by atoms with Crippen LogP contribution in [0.3, 0.4) is 0 Å². The minimum Gasteiger partial charge on any atom is -0.429 e. The molecule has 0 bridgehead atoms. The lowest BCUT2D eigenvalue weighted by Crippen LogP contribution is -2.23. The van der Waals surface area contributed by atoms with Crippen LogP contribution in [0.5, 0.6) is 0 Å². The molecule has 2 aromatic rings. The van der Waals surface area contributed by atoms with Crippen molar-refractivity contribution in [3.63, 3.8) is 0 Å². The van der Waals surface area contributed by atoms with E-state index in [1.54, 1.807) is 0 Å². The minimum atomic E-state index is -1.27. The van der Waals surface area contributed by atoms with E-state index in [2.05, 4.69) is 4.98 Å². The van der Waals surface area contributed by atoms with Gasteiger partial charge in [0, 0.05) is 12.8 Å². The summed E-state index contributed by atoms with van der Waals surface area (Å²) in [7, 11) is 0. The van der Waals surface area contributed by atoms with Crippen molar-refractivity contribution in [3.05, 3.63) is 53.6 Å². The molecule has 1 aliphatic rings. The molecule has 5 nitrogen and oxygen atoms in total. The molecule has 1 aromatic heterocycles. The van der Waals surface area contributed by atoms with E-state index in [-0.39, 0.29) is 6.04 Å². The fourth-order valence-electron chi connectivity index (χ4n) is 2.41. The summed E-state index contributed by atoms with van der Waals surface area (Å²) in [6, 6.07) is 9.85. The largest absolute Gasteiger partial charge is 0.429 e. The zero-order chi connectivity index (χ0) is 15.0. The molecule has 3 rings (SSSR count). The fraction of sp³-hybridized carbons (Fsp3) is 0.375. The molecule has 5 heteroatoms. The quantitative estimate of drug-likeness (QED) is 0.692. The smallest absolute Gasteiger partial charge is 0.359 e. The number of esters is 1. The van der Waals surface area contributed by atoms with Crippen LogP contribution in [0.2, 0.25) is 0 Å². The molecule has 1 saturated carbocycles. The Morgan fingerprint density at radius 1 is 1.38 bits per heavy atom. The number of aromatic nitrogens is 2. The summed E-state index contributed by atoms with van der Waals surface area (Å²) in [5, 5.41) is 9.74. The lowest BCUT2D eigenvalue weighted by Gasteiger charge is -2.19. The second-order valence-electron chi connectivity index (χ2n) is 5.48. The number of hydrogen-bond acceptors (Lipinski definition) is 4. The van der Waals surface area contributed by atoms with E-state index in [1.165, 1.54) is 6.20 Å². The number of ether oxygens (including phenoxy) is 1. The molecule has 0 radical (unpaired) electrons. The maximum atomic E-state index is 12.2. The Morgan fingerprint density at radius 2 is 2.05 bits per heavy atom. The third-order valence-electron chi connectivity index (χ3n) is 3.82. The number of hydrogen-bond donors (Lipinski definition) is 1. The molecule has 1 aromatic carbocycles. The van der Waals surface area contributed by atoms with Gasteiger partial charge in [0.15, 0.2) is 0 Å². The van der Waals surface area contributed by atoms with Crippen LogP contribution in [0.1, 0.15) is 47.7 Å². The molecule has 0 aliphatic heterocycles. The van der Waals surface area contributed by atoms with Crippen molar-refractivity contribution in [2.75, 3.05) is 0 Å². The van der Waals surface area contributed by atoms with Gasteiger partial charge in [0.1, 0.15) is 11.5 Å². The highest BCUT2D eigenvalue weighted by Gasteiger charge is 2.45. The Kier molecular flexibility index (Phi) is 3.29. The van der Waals surface area contributed by atoms with E-state index in [0.717, 1.165) is 11.4 Å². The van der Waals surface area contributed by atoms with Gasteiger partial charge in [-0.1, -0.05) is 30.3 Å². The minimum absolute atomic E-state index is 0.0369. The van der Waals surface area contributed by atoms with Crippen LogP contribution in [-0.4, -0.2) is 26.4 Å². The molecule has 0 amide bonds. The highest BCUT2D eigenvalue weighted by Crippen LogP contribution is 2.37. The van der Waals surface area contributed by atoms with Crippen molar-refractivity contribution in [2.24, 2.45) is 0 Å². The van der Waals surface area contributed by atoms with E-state index in [4.69, 9.17) is 4.74 Å². The third-order valence-corrected chi connectivity index (χ3v) is 3.82. The van der Waals surface area contributed by atoms with E-state index >= 15 is 0 Å². The Labute approximate surface area is 123 Å². The first-order chi connectivity index (χ1) is 10.0. The highest BCUT2D eigenvalue weighted by molar-refractivity contribution is 5.88. The monoisotopic (exact) mass is 286 g/mol. The van der Waals surface area contributed by atoms with Gasteiger partial charge in [0.25, 0.3) is 0 Å². The molecular formula is C16H18N2O3. The van der Waals surface area contributed by atoms with E-state index < -0.39 is 11.8 Å². The first-order valence-electron chi connectivity index (χ1n) is 7.05. The molecule has 21 heavy (non-hydrogen) atoms. The van der Waals surface area contributed by atoms with Gasteiger partial charge in [0.05, 0.1) is 12.2 Å². The van der Waals surface area contributed by atoms with Crippen LogP contribution in [0.4, 0.5) is 0 Å². The SMILES string of the molecule is Cc1ncc(C(=O)OC2(O)CC2)n1[C@H](C)c1ccccc1. The Bertz CT molecular complexity index is 659. The van der Waals surface area contributed by atoms with E-state index in [9.17, 15) is 9.90 Å². The Morgan fingerprint density at radius 3 is 2.67 bits per heavy atom. The van der Waals surface area contributed by atoms with Crippen LogP contribution >= 0.6 is 0 Å². The molecule has 110 valence electrons. The van der Waals surface area contributed by atoms with Gasteiger partial charge >= 0.3 is 5.97 Å². The molecule has 1 fully saturated rings. The summed E-state index contributed by atoms with van der Waals surface area (Å²) in [6.45, 7) is 3.86. The zero-order valence-corrected chi connectivity index (χ0v) is 12.1.